The van der Waals surface area contributed by atoms with Gasteiger partial charge in [0.2, 0.25) is 0 Å². The fourth-order valence-electron chi connectivity index (χ4n) is 1.79. The molecule has 2 aromatic rings. The van der Waals surface area contributed by atoms with Crippen LogP contribution in [-0.2, 0) is 6.42 Å². The monoisotopic (exact) mass is 345 g/mol. The number of aromatic nitrogens is 1. The minimum Gasteiger partial charge on any atom is -0.261 e. The van der Waals surface area contributed by atoms with Crippen molar-refractivity contribution in [2.45, 2.75) is 18.2 Å². The molecule has 0 aliphatic carbocycles. The molecule has 0 spiro atoms. The van der Waals surface area contributed by atoms with Gasteiger partial charge in [-0.3, -0.25) is 4.98 Å². The van der Waals surface area contributed by atoms with Crippen molar-refractivity contribution in [1.82, 2.24) is 4.98 Å². The highest BCUT2D eigenvalue weighted by Crippen LogP contribution is 2.31. The van der Waals surface area contributed by atoms with E-state index in [4.69, 9.17) is 11.6 Å². The normalized spacial score (nSPS) is 12.5. The zero-order chi connectivity index (χ0) is 14.0. The summed E-state index contributed by atoms with van der Waals surface area (Å²) in [5, 5.41) is -0.213. The van der Waals surface area contributed by atoms with Gasteiger partial charge in [-0.15, -0.1) is 0 Å². The van der Waals surface area contributed by atoms with Gasteiger partial charge in [-0.25, -0.2) is 8.78 Å². The van der Waals surface area contributed by atoms with Crippen LogP contribution in [0.15, 0.2) is 30.5 Å². The van der Waals surface area contributed by atoms with Crippen molar-refractivity contribution in [3.8, 4) is 0 Å². The molecule has 0 aliphatic rings. The summed E-state index contributed by atoms with van der Waals surface area (Å²) >= 11 is 8.91. The second-order valence-corrected chi connectivity index (χ2v) is 5.74. The molecule has 0 saturated heterocycles. The summed E-state index contributed by atoms with van der Waals surface area (Å²) in [6.07, 6.45) is 2.16. The van der Waals surface area contributed by atoms with Crippen LogP contribution in [0.4, 0.5) is 8.78 Å². The lowest BCUT2D eigenvalue weighted by molar-refractivity contribution is 0.583. The van der Waals surface area contributed by atoms with Crippen LogP contribution < -0.4 is 0 Å². The van der Waals surface area contributed by atoms with Gasteiger partial charge in [0.1, 0.15) is 11.6 Å². The molecule has 0 amide bonds. The average Bonchev–Trinajstić information content (AvgIpc) is 2.36. The van der Waals surface area contributed by atoms with Crippen LogP contribution in [0.3, 0.4) is 0 Å². The Morgan fingerprint density at radius 2 is 2.05 bits per heavy atom. The van der Waals surface area contributed by atoms with Crippen LogP contribution in [0.5, 0.6) is 0 Å². The van der Waals surface area contributed by atoms with Gasteiger partial charge in [0.15, 0.2) is 0 Å². The summed E-state index contributed by atoms with van der Waals surface area (Å²) in [4.78, 5) is 3.89. The highest BCUT2D eigenvalue weighted by atomic mass is 79.9. The van der Waals surface area contributed by atoms with E-state index in [2.05, 4.69) is 20.9 Å². The molecule has 1 nitrogen and oxygen atoms in total. The minimum atomic E-state index is -0.625. The number of rotatable bonds is 3. The SMILES string of the molecule is Cc1cccnc1CC(Br)c1cc(F)c(Cl)cc1F. The minimum absolute atomic E-state index is 0.213. The summed E-state index contributed by atoms with van der Waals surface area (Å²) in [7, 11) is 0. The van der Waals surface area contributed by atoms with Crippen LogP contribution in [0.25, 0.3) is 0 Å². The molecule has 1 heterocycles. The van der Waals surface area contributed by atoms with Gasteiger partial charge in [0, 0.05) is 28.7 Å². The fraction of sp³-hybridized carbons (Fsp3) is 0.214. The van der Waals surface area contributed by atoms with E-state index in [-0.39, 0.29) is 15.4 Å². The van der Waals surface area contributed by atoms with Crippen molar-refractivity contribution in [1.29, 1.82) is 0 Å². The maximum absolute atomic E-state index is 13.8. The third-order valence-electron chi connectivity index (χ3n) is 2.87. The molecule has 0 N–H and O–H groups in total. The first-order chi connectivity index (χ1) is 8.99. The van der Waals surface area contributed by atoms with Crippen molar-refractivity contribution >= 4 is 27.5 Å². The van der Waals surface area contributed by atoms with Crippen molar-refractivity contribution < 1.29 is 8.78 Å². The summed E-state index contributed by atoms with van der Waals surface area (Å²) in [5.41, 5.74) is 2.10. The predicted molar refractivity (Wildman–Crippen MR) is 75.7 cm³/mol. The quantitative estimate of drug-likeness (QED) is 0.563. The van der Waals surface area contributed by atoms with Gasteiger partial charge in [-0.05, 0) is 30.7 Å². The number of hydrogen-bond acceptors (Lipinski definition) is 1. The molecule has 0 bridgehead atoms. The van der Waals surface area contributed by atoms with E-state index < -0.39 is 11.6 Å². The molecular weight excluding hydrogens is 336 g/mol. The summed E-state index contributed by atoms with van der Waals surface area (Å²) in [5.74, 6) is -1.15. The molecule has 0 fully saturated rings. The molecule has 0 aliphatic heterocycles. The number of benzene rings is 1. The van der Waals surface area contributed by atoms with Crippen molar-refractivity contribution in [3.05, 3.63) is 63.9 Å². The van der Waals surface area contributed by atoms with Crippen molar-refractivity contribution in [3.63, 3.8) is 0 Å². The van der Waals surface area contributed by atoms with Crippen LogP contribution in [-0.4, -0.2) is 4.98 Å². The Labute approximate surface area is 123 Å². The van der Waals surface area contributed by atoms with Crippen LogP contribution in [0.1, 0.15) is 21.6 Å². The zero-order valence-electron chi connectivity index (χ0n) is 10.1. The standard InChI is InChI=1S/C14H11BrClF2N/c1-8-3-2-4-19-14(8)6-10(15)9-5-13(18)11(16)7-12(9)17/h2-5,7,10H,6H2,1H3. The highest BCUT2D eigenvalue weighted by molar-refractivity contribution is 9.09. The molecule has 100 valence electrons. The number of hydrogen-bond donors (Lipinski definition) is 0. The predicted octanol–water partition coefficient (Wildman–Crippen LogP) is 5.00. The Hall–Kier alpha value is -1.00. The third-order valence-corrected chi connectivity index (χ3v) is 3.97. The lowest BCUT2D eigenvalue weighted by Crippen LogP contribution is -2.03. The van der Waals surface area contributed by atoms with Crippen molar-refractivity contribution in [2.75, 3.05) is 0 Å². The lowest BCUT2D eigenvalue weighted by Gasteiger charge is -2.13. The van der Waals surface area contributed by atoms with E-state index in [1.807, 2.05) is 19.1 Å². The van der Waals surface area contributed by atoms with Gasteiger partial charge >= 0.3 is 0 Å². The van der Waals surface area contributed by atoms with Crippen molar-refractivity contribution in [2.24, 2.45) is 0 Å². The third kappa shape index (κ3) is 3.31. The van der Waals surface area contributed by atoms with Crippen LogP contribution in [0, 0.1) is 18.6 Å². The Morgan fingerprint density at radius 1 is 1.32 bits per heavy atom. The largest absolute Gasteiger partial charge is 0.261 e. The van der Waals surface area contributed by atoms with Gasteiger partial charge in [0.05, 0.1) is 5.02 Å². The molecule has 0 saturated carbocycles. The van der Waals surface area contributed by atoms with Gasteiger partial charge in [-0.2, -0.15) is 0 Å². The first kappa shape index (κ1) is 14.4. The highest BCUT2D eigenvalue weighted by Gasteiger charge is 2.17. The van der Waals surface area contributed by atoms with E-state index in [0.717, 1.165) is 23.4 Å². The number of alkyl halides is 1. The number of halogens is 4. The van der Waals surface area contributed by atoms with Gasteiger partial charge < -0.3 is 0 Å². The smallest absolute Gasteiger partial charge is 0.142 e. The number of pyridine rings is 1. The number of aryl methyl sites for hydroxylation is 1. The maximum Gasteiger partial charge on any atom is 0.142 e. The molecule has 1 atom stereocenters. The first-order valence-corrected chi connectivity index (χ1v) is 6.97. The Kier molecular flexibility index (Phi) is 4.53. The zero-order valence-corrected chi connectivity index (χ0v) is 12.5. The fourth-order valence-corrected chi connectivity index (χ4v) is 2.60. The maximum atomic E-state index is 13.8. The van der Waals surface area contributed by atoms with E-state index in [1.165, 1.54) is 0 Å². The second kappa shape index (κ2) is 5.97. The first-order valence-electron chi connectivity index (χ1n) is 5.68. The summed E-state index contributed by atoms with van der Waals surface area (Å²) < 4.78 is 27.2. The Bertz CT molecular complexity index is 604. The van der Waals surface area contributed by atoms with Crippen LogP contribution in [0.2, 0.25) is 5.02 Å². The molecule has 2 rings (SSSR count). The average molecular weight is 347 g/mol. The molecule has 1 aromatic heterocycles. The summed E-state index contributed by atoms with van der Waals surface area (Å²) in [6.45, 7) is 1.93. The lowest BCUT2D eigenvalue weighted by atomic mass is 10.0. The van der Waals surface area contributed by atoms with Gasteiger partial charge in [0.25, 0.3) is 0 Å². The Balaban J connectivity index is 2.28. The molecular formula is C14H11BrClF2N. The molecule has 19 heavy (non-hydrogen) atoms. The van der Waals surface area contributed by atoms with E-state index in [0.29, 0.717) is 6.42 Å². The second-order valence-electron chi connectivity index (χ2n) is 4.23. The van der Waals surface area contributed by atoms with E-state index in [1.54, 1.807) is 6.20 Å². The summed E-state index contributed by atoms with van der Waals surface area (Å²) in [6, 6.07) is 5.88. The van der Waals surface area contributed by atoms with Crippen LogP contribution >= 0.6 is 27.5 Å². The molecule has 1 unspecified atom stereocenters. The van der Waals surface area contributed by atoms with E-state index in [9.17, 15) is 8.78 Å². The Morgan fingerprint density at radius 3 is 2.74 bits per heavy atom. The molecule has 1 aromatic carbocycles. The topological polar surface area (TPSA) is 12.9 Å². The molecule has 0 radical (unpaired) electrons. The van der Waals surface area contributed by atoms with Gasteiger partial charge in [-0.1, -0.05) is 33.6 Å². The van der Waals surface area contributed by atoms with E-state index >= 15 is 0 Å². The molecule has 5 heteroatoms. The number of nitrogens with zero attached hydrogens (tertiary/aromatic N) is 1.